The molecule has 27 heavy (non-hydrogen) atoms. The highest BCUT2D eigenvalue weighted by Crippen LogP contribution is 2.28. The summed E-state index contributed by atoms with van der Waals surface area (Å²) in [6, 6.07) is 8.37. The van der Waals surface area contributed by atoms with Crippen molar-refractivity contribution in [3.63, 3.8) is 0 Å². The van der Waals surface area contributed by atoms with Crippen LogP contribution in [0.2, 0.25) is 0 Å². The maximum absolute atomic E-state index is 12.9. The molecule has 1 aromatic heterocycles. The molecule has 138 valence electrons. The number of halogens is 2. The van der Waals surface area contributed by atoms with Crippen LogP contribution in [0.3, 0.4) is 0 Å². The maximum atomic E-state index is 12.9. The molecule has 8 nitrogen and oxygen atoms in total. The normalized spacial score (nSPS) is 10.6. The van der Waals surface area contributed by atoms with Crippen LogP contribution in [0, 0.1) is 0 Å². The summed E-state index contributed by atoms with van der Waals surface area (Å²) in [5.74, 6) is -1.21. The zero-order chi connectivity index (χ0) is 19.7. The quantitative estimate of drug-likeness (QED) is 0.340. The largest absolute Gasteiger partial charge is 0.513 e. The molecule has 0 saturated carbocycles. The standard InChI is InChI=1S/C17H9BrClNO7/c1-25-17(24)26-12-7-9(18)6-11-13(12)27-16(23)20(15(11)22)10-4-2-3-8(5-10)14(19)21/h2-7H,1H3. The van der Waals surface area contributed by atoms with Gasteiger partial charge >= 0.3 is 11.9 Å². The monoisotopic (exact) mass is 453 g/mol. The Labute approximate surface area is 164 Å². The van der Waals surface area contributed by atoms with Gasteiger partial charge in [0.15, 0.2) is 11.3 Å². The summed E-state index contributed by atoms with van der Waals surface area (Å²) in [5.41, 5.74) is -0.766. The van der Waals surface area contributed by atoms with Gasteiger partial charge in [-0.3, -0.25) is 9.59 Å². The molecule has 0 aliphatic heterocycles. The zero-order valence-corrected chi connectivity index (χ0v) is 15.9. The Kier molecular flexibility index (Phi) is 5.15. The number of ether oxygens (including phenoxy) is 2. The number of benzene rings is 2. The van der Waals surface area contributed by atoms with E-state index in [9.17, 15) is 19.2 Å². The van der Waals surface area contributed by atoms with Crippen molar-refractivity contribution in [2.45, 2.75) is 0 Å². The molecule has 3 aromatic rings. The van der Waals surface area contributed by atoms with Gasteiger partial charge in [-0.1, -0.05) is 22.0 Å². The van der Waals surface area contributed by atoms with Crippen molar-refractivity contribution in [2.24, 2.45) is 0 Å². The molecule has 3 rings (SSSR count). The number of hydrogen-bond acceptors (Lipinski definition) is 7. The highest BCUT2D eigenvalue weighted by Gasteiger charge is 2.19. The number of methoxy groups -OCH3 is 1. The summed E-state index contributed by atoms with van der Waals surface area (Å²) in [6.45, 7) is 0. The Hall–Kier alpha value is -2.91. The van der Waals surface area contributed by atoms with E-state index in [1.807, 2.05) is 0 Å². The average molecular weight is 455 g/mol. The van der Waals surface area contributed by atoms with Crippen molar-refractivity contribution in [3.05, 3.63) is 67.3 Å². The van der Waals surface area contributed by atoms with Gasteiger partial charge in [0.2, 0.25) is 0 Å². The summed E-state index contributed by atoms with van der Waals surface area (Å²) >= 11 is 8.64. The van der Waals surface area contributed by atoms with Gasteiger partial charge in [-0.25, -0.2) is 14.2 Å². The zero-order valence-electron chi connectivity index (χ0n) is 13.5. The molecule has 0 aliphatic carbocycles. The minimum atomic E-state index is -1.05. The molecule has 0 N–H and O–H groups in total. The van der Waals surface area contributed by atoms with Gasteiger partial charge in [-0.05, 0) is 41.9 Å². The van der Waals surface area contributed by atoms with Crippen molar-refractivity contribution in [3.8, 4) is 11.4 Å². The fraction of sp³-hybridized carbons (Fsp3) is 0.0588. The Morgan fingerprint density at radius 3 is 2.59 bits per heavy atom. The fourth-order valence-electron chi connectivity index (χ4n) is 2.37. The summed E-state index contributed by atoms with van der Waals surface area (Å²) < 4.78 is 15.7. The lowest BCUT2D eigenvalue weighted by molar-refractivity contribution is 0.108. The van der Waals surface area contributed by atoms with Crippen LogP contribution in [0.5, 0.6) is 5.75 Å². The third-order valence-corrected chi connectivity index (χ3v) is 4.19. The Morgan fingerprint density at radius 2 is 1.93 bits per heavy atom. The van der Waals surface area contributed by atoms with E-state index in [0.717, 1.165) is 11.7 Å². The second kappa shape index (κ2) is 7.37. The first kappa shape index (κ1) is 18.9. The molecule has 1 heterocycles. The fourth-order valence-corrected chi connectivity index (χ4v) is 2.92. The first-order chi connectivity index (χ1) is 12.8. The van der Waals surface area contributed by atoms with Gasteiger partial charge in [-0.2, -0.15) is 0 Å². The summed E-state index contributed by atoms with van der Waals surface area (Å²) in [7, 11) is 1.11. The van der Waals surface area contributed by atoms with Crippen LogP contribution in [0.25, 0.3) is 16.7 Å². The molecular formula is C17H9BrClNO7. The van der Waals surface area contributed by atoms with Crippen LogP contribution < -0.4 is 16.1 Å². The van der Waals surface area contributed by atoms with Crippen LogP contribution in [0.1, 0.15) is 10.4 Å². The Bertz CT molecular complexity index is 1200. The Morgan fingerprint density at radius 1 is 1.19 bits per heavy atom. The molecule has 0 fully saturated rings. The Balaban J connectivity index is 2.31. The maximum Gasteiger partial charge on any atom is 0.513 e. The lowest BCUT2D eigenvalue weighted by Gasteiger charge is -2.09. The van der Waals surface area contributed by atoms with Crippen LogP contribution in [-0.4, -0.2) is 23.1 Å². The van der Waals surface area contributed by atoms with E-state index in [1.165, 1.54) is 36.4 Å². The van der Waals surface area contributed by atoms with Crippen molar-refractivity contribution < 1.29 is 23.5 Å². The molecule has 0 unspecified atom stereocenters. The van der Waals surface area contributed by atoms with E-state index in [-0.39, 0.29) is 28.0 Å². The lowest BCUT2D eigenvalue weighted by atomic mass is 10.2. The van der Waals surface area contributed by atoms with E-state index in [1.54, 1.807) is 0 Å². The topological polar surface area (TPSA) is 105 Å². The van der Waals surface area contributed by atoms with E-state index in [2.05, 4.69) is 20.7 Å². The smallest absolute Gasteiger partial charge is 0.437 e. The first-order valence-corrected chi connectivity index (χ1v) is 8.44. The second-order valence-corrected chi connectivity index (χ2v) is 6.43. The summed E-state index contributed by atoms with van der Waals surface area (Å²) in [5, 5.41) is -0.780. The van der Waals surface area contributed by atoms with Gasteiger partial charge in [0, 0.05) is 10.0 Å². The van der Waals surface area contributed by atoms with E-state index >= 15 is 0 Å². The average Bonchev–Trinajstić information content (AvgIpc) is 2.63. The highest BCUT2D eigenvalue weighted by atomic mass is 79.9. The molecule has 0 amide bonds. The summed E-state index contributed by atoms with van der Waals surface area (Å²) in [4.78, 5) is 48.0. The number of rotatable bonds is 3. The van der Waals surface area contributed by atoms with E-state index in [0.29, 0.717) is 4.47 Å². The summed E-state index contributed by atoms with van der Waals surface area (Å²) in [6.07, 6.45) is -1.05. The third-order valence-electron chi connectivity index (χ3n) is 3.52. The van der Waals surface area contributed by atoms with Crippen molar-refractivity contribution in [1.82, 2.24) is 4.57 Å². The van der Waals surface area contributed by atoms with Crippen LogP contribution >= 0.6 is 27.5 Å². The molecule has 0 saturated heterocycles. The minimum Gasteiger partial charge on any atom is -0.437 e. The molecule has 0 radical (unpaired) electrons. The van der Waals surface area contributed by atoms with Crippen molar-refractivity contribution in [2.75, 3.05) is 7.11 Å². The number of nitrogens with zero attached hydrogens (tertiary/aromatic N) is 1. The minimum absolute atomic E-state index is 0.0366. The van der Waals surface area contributed by atoms with Gasteiger partial charge in [-0.15, -0.1) is 0 Å². The molecule has 0 atom stereocenters. The molecule has 0 spiro atoms. The van der Waals surface area contributed by atoms with E-state index in [4.69, 9.17) is 20.8 Å². The van der Waals surface area contributed by atoms with Crippen LogP contribution in [-0.2, 0) is 4.74 Å². The van der Waals surface area contributed by atoms with Crippen LogP contribution in [0.4, 0.5) is 4.79 Å². The number of carbonyl (C=O) groups is 2. The van der Waals surface area contributed by atoms with Crippen molar-refractivity contribution >= 4 is 49.9 Å². The number of fused-ring (bicyclic) bond motifs is 1. The predicted octanol–water partition coefficient (Wildman–Crippen LogP) is 3.23. The second-order valence-electron chi connectivity index (χ2n) is 5.17. The molecule has 0 aliphatic rings. The van der Waals surface area contributed by atoms with E-state index < -0.39 is 22.7 Å². The van der Waals surface area contributed by atoms with Gasteiger partial charge in [0.25, 0.3) is 10.8 Å². The number of aromatic nitrogens is 1. The molecule has 10 heteroatoms. The SMILES string of the molecule is COC(=O)Oc1cc(Br)cc2c(=O)n(-c3cccc(C(=O)Cl)c3)c(=O)oc12. The number of hydrogen-bond donors (Lipinski definition) is 0. The predicted molar refractivity (Wildman–Crippen MR) is 99.0 cm³/mol. The molecular weight excluding hydrogens is 446 g/mol. The van der Waals surface area contributed by atoms with Gasteiger partial charge in [0.1, 0.15) is 0 Å². The van der Waals surface area contributed by atoms with Gasteiger partial charge < -0.3 is 13.9 Å². The highest BCUT2D eigenvalue weighted by molar-refractivity contribution is 9.10. The van der Waals surface area contributed by atoms with Gasteiger partial charge in [0.05, 0.1) is 18.2 Å². The third kappa shape index (κ3) is 3.64. The molecule has 0 bridgehead atoms. The van der Waals surface area contributed by atoms with Crippen LogP contribution in [0.15, 0.2) is 54.9 Å². The number of carbonyl (C=O) groups excluding carboxylic acids is 2. The molecule has 2 aromatic carbocycles. The lowest BCUT2D eigenvalue weighted by Crippen LogP contribution is -2.31. The van der Waals surface area contributed by atoms with Crippen molar-refractivity contribution in [1.29, 1.82) is 0 Å². The first-order valence-electron chi connectivity index (χ1n) is 7.27.